The highest BCUT2D eigenvalue weighted by Crippen LogP contribution is 2.24. The largest absolute Gasteiger partial charge is 0.508 e. The van der Waals surface area contributed by atoms with E-state index in [9.17, 15) is 43.8 Å². The molecule has 7 atom stereocenters. The van der Waals surface area contributed by atoms with Gasteiger partial charge in [0.05, 0.1) is 12.6 Å². The lowest BCUT2D eigenvalue weighted by molar-refractivity contribution is -0.145. The van der Waals surface area contributed by atoms with Crippen LogP contribution in [0.5, 0.6) is 5.75 Å². The minimum absolute atomic E-state index is 0.0934. The van der Waals surface area contributed by atoms with Crippen LogP contribution in [-0.4, -0.2) is 129 Å². The molecule has 57 heavy (non-hydrogen) atoms. The first-order chi connectivity index (χ1) is 27.3. The quantitative estimate of drug-likeness (QED) is 0.139. The van der Waals surface area contributed by atoms with Crippen LogP contribution in [0.2, 0.25) is 0 Å². The number of amides is 6. The number of carboxylic acids is 1. The average molecular weight is 790 g/mol. The number of carboxylic acid groups (broad SMARTS) is 1. The fourth-order valence-corrected chi connectivity index (χ4v) is 7.96. The van der Waals surface area contributed by atoms with E-state index in [1.807, 2.05) is 37.3 Å². The summed E-state index contributed by atoms with van der Waals surface area (Å²) < 4.78 is 0. The van der Waals surface area contributed by atoms with Crippen molar-refractivity contribution in [3.8, 4) is 5.75 Å². The van der Waals surface area contributed by atoms with Crippen molar-refractivity contribution in [2.24, 2.45) is 11.7 Å². The van der Waals surface area contributed by atoms with Crippen LogP contribution >= 0.6 is 0 Å². The zero-order valence-corrected chi connectivity index (χ0v) is 32.6. The van der Waals surface area contributed by atoms with Crippen LogP contribution in [-0.2, 0) is 46.4 Å². The van der Waals surface area contributed by atoms with Gasteiger partial charge in [-0.3, -0.25) is 28.8 Å². The summed E-state index contributed by atoms with van der Waals surface area (Å²) >= 11 is 0. The molecule has 16 nitrogen and oxygen atoms in total. The van der Waals surface area contributed by atoms with E-state index in [-0.39, 0.29) is 37.6 Å². The molecule has 0 saturated carbocycles. The Balaban J connectivity index is 1.22. The Hall–Kier alpha value is -5.51. The van der Waals surface area contributed by atoms with Gasteiger partial charge in [-0.15, -0.1) is 0 Å². The molecule has 2 aromatic rings. The van der Waals surface area contributed by atoms with Gasteiger partial charge < -0.3 is 46.6 Å². The van der Waals surface area contributed by atoms with Crippen LogP contribution in [0.25, 0.3) is 0 Å². The predicted molar refractivity (Wildman–Crippen MR) is 208 cm³/mol. The molecule has 308 valence electrons. The zero-order valence-electron chi connectivity index (χ0n) is 32.6. The van der Waals surface area contributed by atoms with E-state index in [2.05, 4.69) is 16.0 Å². The molecular weight excluding hydrogens is 734 g/mol. The van der Waals surface area contributed by atoms with Gasteiger partial charge >= 0.3 is 5.97 Å². The van der Waals surface area contributed by atoms with Gasteiger partial charge in [-0.1, -0.05) is 62.7 Å². The van der Waals surface area contributed by atoms with Crippen LogP contribution in [0.4, 0.5) is 0 Å². The molecule has 2 aromatic carbocycles. The standard InChI is InChI=1S/C41H55N7O9/c1-3-25(2)35(41(56)57)45-38(53)32-13-7-19-46(32)34(50)24-43-36(51)31-12-8-21-48(31)40(55)30(23-26-10-5-4-6-11-26)44-37(52)33-14-9-20-47(33)39(54)29(42)22-27-15-17-28(49)18-16-27/h4-6,10-11,15-18,25,29-33,35,49H,3,7-9,12-14,19-24,42H2,1-2H3,(H,43,51)(H,44,52)(H,45,53)(H,56,57)/t25-,29+,30-,31-,32-,33+,35-/m0/s1. The summed E-state index contributed by atoms with van der Waals surface area (Å²) in [5.41, 5.74) is 7.84. The number of benzene rings is 2. The summed E-state index contributed by atoms with van der Waals surface area (Å²) in [7, 11) is 0. The van der Waals surface area contributed by atoms with Crippen LogP contribution in [0.3, 0.4) is 0 Å². The topological polar surface area (TPSA) is 232 Å². The van der Waals surface area contributed by atoms with Gasteiger partial charge in [-0.2, -0.15) is 0 Å². The third-order valence-electron chi connectivity index (χ3n) is 11.3. The third kappa shape index (κ3) is 10.7. The monoisotopic (exact) mass is 789 g/mol. The van der Waals surface area contributed by atoms with Gasteiger partial charge in [0.2, 0.25) is 35.4 Å². The first-order valence-corrected chi connectivity index (χ1v) is 19.9. The highest BCUT2D eigenvalue weighted by molar-refractivity contribution is 5.97. The number of carbonyl (C=O) groups excluding carboxylic acids is 6. The van der Waals surface area contributed by atoms with Crippen LogP contribution in [0.15, 0.2) is 54.6 Å². The zero-order chi connectivity index (χ0) is 41.2. The maximum absolute atomic E-state index is 14.3. The maximum Gasteiger partial charge on any atom is 0.326 e. The molecule has 3 fully saturated rings. The fourth-order valence-electron chi connectivity index (χ4n) is 7.96. The summed E-state index contributed by atoms with van der Waals surface area (Å²) in [6.45, 7) is 3.99. The van der Waals surface area contributed by atoms with E-state index < -0.39 is 84.2 Å². The Morgan fingerprint density at radius 1 is 0.719 bits per heavy atom. The summed E-state index contributed by atoms with van der Waals surface area (Å²) in [4.78, 5) is 97.7. The number of nitrogens with zero attached hydrogens (tertiary/aromatic N) is 3. The van der Waals surface area contributed by atoms with Gasteiger partial charge in [-0.05, 0) is 74.1 Å². The van der Waals surface area contributed by atoms with Crippen LogP contribution in [0.1, 0.15) is 69.9 Å². The van der Waals surface area contributed by atoms with E-state index in [4.69, 9.17) is 5.73 Å². The summed E-state index contributed by atoms with van der Waals surface area (Å²) in [5, 5.41) is 27.4. The van der Waals surface area contributed by atoms with Gasteiger partial charge in [0.25, 0.3) is 0 Å². The fraction of sp³-hybridized carbons (Fsp3) is 0.537. The Morgan fingerprint density at radius 2 is 1.25 bits per heavy atom. The Morgan fingerprint density at radius 3 is 1.84 bits per heavy atom. The molecule has 0 radical (unpaired) electrons. The van der Waals surface area contributed by atoms with E-state index in [1.54, 1.807) is 19.1 Å². The first kappa shape index (κ1) is 42.6. The van der Waals surface area contributed by atoms with Crippen LogP contribution in [0, 0.1) is 5.92 Å². The molecule has 5 rings (SSSR count). The lowest BCUT2D eigenvalue weighted by Crippen LogP contribution is -2.58. The predicted octanol–water partition coefficient (Wildman–Crippen LogP) is 0.694. The molecule has 0 aromatic heterocycles. The van der Waals surface area contributed by atoms with Crippen molar-refractivity contribution >= 4 is 41.4 Å². The molecule has 3 aliphatic heterocycles. The third-order valence-corrected chi connectivity index (χ3v) is 11.3. The Labute approximate surface area is 332 Å². The van der Waals surface area contributed by atoms with E-state index in [1.165, 1.54) is 26.8 Å². The number of aliphatic carboxylic acids is 1. The number of nitrogens with two attached hydrogens (primary N) is 1. The number of carbonyl (C=O) groups is 7. The van der Waals surface area contributed by atoms with E-state index in [0.29, 0.717) is 51.5 Å². The minimum atomic E-state index is -1.15. The van der Waals surface area contributed by atoms with Gasteiger partial charge in [-0.25, -0.2) is 4.79 Å². The summed E-state index contributed by atoms with van der Waals surface area (Å²) in [6, 6.07) is 9.81. The molecular formula is C41H55N7O9. The average Bonchev–Trinajstić information content (AvgIpc) is 4.01. The normalized spacial score (nSPS) is 21.3. The molecule has 0 unspecified atom stereocenters. The summed E-state index contributed by atoms with van der Waals surface area (Å²) in [6.07, 6.45) is 3.59. The van der Waals surface area contributed by atoms with Gasteiger partial charge in [0.1, 0.15) is 36.0 Å². The molecule has 6 amide bonds. The molecule has 16 heteroatoms. The second-order valence-electron chi connectivity index (χ2n) is 15.3. The number of hydrogen-bond acceptors (Lipinski definition) is 9. The molecule has 0 bridgehead atoms. The molecule has 3 saturated heterocycles. The number of rotatable bonds is 16. The van der Waals surface area contributed by atoms with Gasteiger partial charge in [0.15, 0.2) is 0 Å². The van der Waals surface area contributed by atoms with Crippen molar-refractivity contribution < 1.29 is 43.8 Å². The Kier molecular flexibility index (Phi) is 14.6. The van der Waals surface area contributed by atoms with Gasteiger partial charge in [0, 0.05) is 26.1 Å². The highest BCUT2D eigenvalue weighted by Gasteiger charge is 2.42. The van der Waals surface area contributed by atoms with Crippen LogP contribution < -0.4 is 21.7 Å². The Bertz CT molecular complexity index is 1780. The van der Waals surface area contributed by atoms with Crippen molar-refractivity contribution in [1.82, 2.24) is 30.7 Å². The van der Waals surface area contributed by atoms with Crippen molar-refractivity contribution in [1.29, 1.82) is 0 Å². The second-order valence-corrected chi connectivity index (χ2v) is 15.3. The SMILES string of the molecule is CC[C@H](C)[C@H](NC(=O)[C@@H]1CCCN1C(=O)CNC(=O)[C@@H]1CCCN1C(=O)[C@H](Cc1ccccc1)NC(=O)[C@H]1CCCN1C(=O)[C@H](N)Cc1ccc(O)cc1)C(=O)O. The molecule has 0 aliphatic carbocycles. The molecule has 3 heterocycles. The van der Waals surface area contributed by atoms with Crippen molar-refractivity contribution in [2.75, 3.05) is 26.2 Å². The molecule has 3 aliphatic rings. The maximum atomic E-state index is 14.3. The number of aromatic hydroxyl groups is 1. The number of hydrogen-bond donors (Lipinski definition) is 6. The molecule has 7 N–H and O–H groups in total. The number of likely N-dealkylation sites (tertiary alicyclic amines) is 3. The number of phenolic OH excluding ortho intramolecular Hbond substituents is 1. The molecule has 0 spiro atoms. The first-order valence-electron chi connectivity index (χ1n) is 19.9. The summed E-state index contributed by atoms with van der Waals surface area (Å²) in [5.74, 6) is -4.34. The minimum Gasteiger partial charge on any atom is -0.508 e. The smallest absolute Gasteiger partial charge is 0.326 e. The van der Waals surface area contributed by atoms with Crippen molar-refractivity contribution in [3.05, 3.63) is 65.7 Å². The lowest BCUT2D eigenvalue weighted by Gasteiger charge is -2.31. The highest BCUT2D eigenvalue weighted by atomic mass is 16.4. The second kappa shape index (κ2) is 19.6. The number of phenols is 1. The van der Waals surface area contributed by atoms with E-state index in [0.717, 1.165) is 11.1 Å². The lowest BCUT2D eigenvalue weighted by atomic mass is 9.99. The number of nitrogens with one attached hydrogen (secondary N) is 3. The van der Waals surface area contributed by atoms with Crippen molar-refractivity contribution in [2.45, 2.75) is 108 Å². The van der Waals surface area contributed by atoms with E-state index >= 15 is 0 Å². The van der Waals surface area contributed by atoms with Crippen molar-refractivity contribution in [3.63, 3.8) is 0 Å².